The van der Waals surface area contributed by atoms with Crippen LogP contribution in [0.2, 0.25) is 0 Å². The Morgan fingerprint density at radius 2 is 1.73 bits per heavy atom. The zero-order valence-electron chi connectivity index (χ0n) is 22.6. The third-order valence-corrected chi connectivity index (χ3v) is 10.3. The van der Waals surface area contributed by atoms with Crippen LogP contribution in [-0.4, -0.2) is 29.2 Å². The Morgan fingerprint density at radius 3 is 2.39 bits per heavy atom. The number of nitrogens with one attached hydrogen (secondary N) is 1. The molecule has 41 heavy (non-hydrogen) atoms. The van der Waals surface area contributed by atoms with Gasteiger partial charge < -0.3 is 5.32 Å². The summed E-state index contributed by atoms with van der Waals surface area (Å²) in [6.45, 7) is 11.1. The number of benzene rings is 2. The van der Waals surface area contributed by atoms with E-state index in [1.165, 1.54) is 24.4 Å². The molecular weight excluding hydrogens is 546 g/mol. The number of Topliss-reactive ketones (excluding diaryl/α,β-unsaturated/α-hetero) is 1. The van der Waals surface area contributed by atoms with Crippen molar-refractivity contribution in [3.8, 4) is 11.1 Å². The minimum Gasteiger partial charge on any atom is -0.379 e. The van der Waals surface area contributed by atoms with Crippen LogP contribution in [0.5, 0.6) is 0 Å². The first kappa shape index (κ1) is 27.1. The van der Waals surface area contributed by atoms with Crippen LogP contribution in [0.3, 0.4) is 0 Å². The van der Waals surface area contributed by atoms with Crippen LogP contribution in [-0.2, 0) is 14.8 Å². The van der Waals surface area contributed by atoms with E-state index in [4.69, 9.17) is 6.57 Å². The van der Waals surface area contributed by atoms with Gasteiger partial charge in [0.1, 0.15) is 17.4 Å². The van der Waals surface area contributed by atoms with E-state index >= 15 is 4.39 Å². The number of hydrogen-bond acceptors (Lipinski definition) is 5. The number of fused-ring (bicyclic) bond motifs is 4. The maximum atomic E-state index is 15.4. The third kappa shape index (κ3) is 4.58. The highest BCUT2D eigenvalue weighted by molar-refractivity contribution is 7.90. The fourth-order valence-corrected chi connectivity index (χ4v) is 8.00. The molecule has 3 aliphatic rings. The Bertz CT molecular complexity index is 1840. The quantitative estimate of drug-likeness (QED) is 0.254. The van der Waals surface area contributed by atoms with Gasteiger partial charge in [-0.15, -0.1) is 0 Å². The smallest absolute Gasteiger partial charge is 0.269 e. The van der Waals surface area contributed by atoms with Crippen LogP contribution in [0.1, 0.15) is 38.2 Å². The third-order valence-electron chi connectivity index (χ3n) is 8.66. The highest BCUT2D eigenvalue weighted by atomic mass is 32.2. The Hall–Kier alpha value is -4.10. The van der Waals surface area contributed by atoms with Crippen LogP contribution in [0.15, 0.2) is 59.8 Å². The predicted molar refractivity (Wildman–Crippen MR) is 152 cm³/mol. The second kappa shape index (κ2) is 10.1. The van der Waals surface area contributed by atoms with Gasteiger partial charge in [0.2, 0.25) is 0 Å². The average Bonchev–Trinajstić information content (AvgIpc) is 3.33. The van der Waals surface area contributed by atoms with Gasteiger partial charge in [-0.1, -0.05) is 17.7 Å². The summed E-state index contributed by atoms with van der Waals surface area (Å²) in [5, 5.41) is 3.46. The maximum absolute atomic E-state index is 15.4. The number of carbonyl (C=O) groups is 1. The molecule has 2 bridgehead atoms. The minimum absolute atomic E-state index is 0.0158. The number of carbonyl (C=O) groups excluding carboxylic acids is 1. The molecule has 0 spiro atoms. The molecule has 1 N–H and O–H groups in total. The Morgan fingerprint density at radius 1 is 1.05 bits per heavy atom. The molecule has 2 heterocycles. The molecule has 7 rings (SSSR count). The number of nitrogens with zero attached hydrogens (tertiary/aromatic N) is 3. The molecule has 7 nitrogen and oxygen atoms in total. The van der Waals surface area contributed by atoms with Crippen molar-refractivity contribution in [3.05, 3.63) is 83.5 Å². The fraction of sp³-hybridized carbons (Fsp3) is 0.323. The van der Waals surface area contributed by atoms with E-state index in [0.717, 1.165) is 53.5 Å². The van der Waals surface area contributed by atoms with Crippen LogP contribution in [0.25, 0.3) is 27.0 Å². The lowest BCUT2D eigenvalue weighted by molar-refractivity contribution is -0.126. The summed E-state index contributed by atoms with van der Waals surface area (Å²) in [6.07, 6.45) is 6.10. The molecule has 210 valence electrons. The Labute approximate surface area is 237 Å². The van der Waals surface area contributed by atoms with Crippen molar-refractivity contribution in [2.45, 2.75) is 50.5 Å². The van der Waals surface area contributed by atoms with Crippen LogP contribution >= 0.6 is 0 Å². The number of anilines is 1. The predicted octanol–water partition coefficient (Wildman–Crippen LogP) is 6.88. The van der Waals surface area contributed by atoms with E-state index in [0.29, 0.717) is 0 Å². The second-order valence-electron chi connectivity index (χ2n) is 11.1. The minimum atomic E-state index is -4.14. The van der Waals surface area contributed by atoms with E-state index in [1.807, 2.05) is 6.92 Å². The fourth-order valence-electron chi connectivity index (χ4n) is 6.68. The maximum Gasteiger partial charge on any atom is 0.269 e. The lowest BCUT2D eigenvalue weighted by Gasteiger charge is -2.48. The van der Waals surface area contributed by atoms with Crippen molar-refractivity contribution >= 4 is 38.2 Å². The Balaban J connectivity index is 1.50. The van der Waals surface area contributed by atoms with Crippen LogP contribution < -0.4 is 5.32 Å². The highest BCUT2D eigenvalue weighted by Crippen LogP contribution is 2.47. The van der Waals surface area contributed by atoms with Crippen molar-refractivity contribution in [2.75, 3.05) is 5.32 Å². The normalized spacial score (nSPS) is 22.0. The van der Waals surface area contributed by atoms with Crippen molar-refractivity contribution in [2.24, 2.45) is 17.8 Å². The monoisotopic (exact) mass is 574 g/mol. The number of hydrogen-bond donors (Lipinski definition) is 1. The molecule has 0 saturated heterocycles. The highest BCUT2D eigenvalue weighted by Gasteiger charge is 2.46. The number of rotatable bonds is 6. The van der Waals surface area contributed by atoms with Gasteiger partial charge in [0.15, 0.2) is 11.3 Å². The number of aryl methyl sites for hydroxylation is 1. The molecule has 0 unspecified atom stereocenters. The molecular formula is C31H28F2N4O3S. The van der Waals surface area contributed by atoms with Crippen LogP contribution in [0.4, 0.5) is 20.2 Å². The molecule has 3 aliphatic carbocycles. The van der Waals surface area contributed by atoms with Crippen molar-refractivity contribution in [3.63, 3.8) is 0 Å². The van der Waals surface area contributed by atoms with Crippen molar-refractivity contribution in [1.29, 1.82) is 0 Å². The first-order valence-corrected chi connectivity index (χ1v) is 15.0. The van der Waals surface area contributed by atoms with Crippen LogP contribution in [0, 0.1) is 42.9 Å². The molecule has 0 radical (unpaired) electrons. The zero-order chi connectivity index (χ0) is 29.1. The first-order chi connectivity index (χ1) is 19.6. The number of aromatic nitrogens is 2. The van der Waals surface area contributed by atoms with Gasteiger partial charge in [0.05, 0.1) is 23.4 Å². The van der Waals surface area contributed by atoms with Gasteiger partial charge in [0, 0.05) is 23.5 Å². The molecule has 2 aromatic carbocycles. The summed E-state index contributed by atoms with van der Waals surface area (Å²) >= 11 is 0. The van der Waals surface area contributed by atoms with Gasteiger partial charge in [-0.3, -0.25) is 4.79 Å². The van der Waals surface area contributed by atoms with Gasteiger partial charge in [-0.25, -0.2) is 31.0 Å². The van der Waals surface area contributed by atoms with Crippen molar-refractivity contribution in [1.82, 2.24) is 8.96 Å². The SMILES string of the molecule is [C-]#[N+]c1cc(F)c(N[C@H]2C3CCC(CC3)[C@@H]2C(C)=O)cc1-c1cn(S(=O)(=O)c2ccc(C)cc2)c2ncc(F)cc12. The summed E-state index contributed by atoms with van der Waals surface area (Å²) in [4.78, 5) is 20.2. The molecule has 3 fully saturated rings. The van der Waals surface area contributed by atoms with E-state index in [1.54, 1.807) is 19.1 Å². The van der Waals surface area contributed by atoms with Gasteiger partial charge in [-0.2, -0.15) is 0 Å². The molecule has 4 aromatic rings. The number of pyridine rings is 1. The zero-order valence-corrected chi connectivity index (χ0v) is 23.4. The number of halogens is 2. The summed E-state index contributed by atoms with van der Waals surface area (Å²) in [5.41, 5.74) is 1.39. The molecule has 0 amide bonds. The van der Waals surface area contributed by atoms with E-state index in [-0.39, 0.29) is 68.0 Å². The molecule has 2 atom stereocenters. The van der Waals surface area contributed by atoms with E-state index < -0.39 is 21.7 Å². The first-order valence-electron chi connectivity index (χ1n) is 13.6. The summed E-state index contributed by atoms with van der Waals surface area (Å²) < 4.78 is 58.2. The van der Waals surface area contributed by atoms with Gasteiger partial charge in [-0.05, 0) is 92.8 Å². The summed E-state index contributed by atoms with van der Waals surface area (Å²) in [7, 11) is -4.14. The Kier molecular flexibility index (Phi) is 6.65. The molecule has 3 saturated carbocycles. The molecule has 10 heteroatoms. The largest absolute Gasteiger partial charge is 0.379 e. The molecule has 2 aromatic heterocycles. The lowest BCUT2D eigenvalue weighted by Crippen LogP contribution is -2.51. The van der Waals surface area contributed by atoms with Crippen molar-refractivity contribution < 1.29 is 22.0 Å². The summed E-state index contributed by atoms with van der Waals surface area (Å²) in [6, 6.07) is 9.78. The lowest BCUT2D eigenvalue weighted by atomic mass is 9.60. The number of ketones is 1. The average molecular weight is 575 g/mol. The van der Waals surface area contributed by atoms with Gasteiger partial charge in [0.25, 0.3) is 10.0 Å². The standard InChI is InChI=1S/C31H28F2N4O3S/c1-17-4-10-22(11-5-17)41(39,40)37-16-25(24-12-21(32)15-35-31(24)37)23-13-28(26(33)14-27(23)34-3)36-30-20-8-6-19(7-9-20)29(30)18(2)38/h4-5,10-16,19-20,29-30,36H,6-9H2,1-2H3/t19?,20?,29-,30-/m0/s1. The topological polar surface area (TPSA) is 85.4 Å². The van der Waals surface area contributed by atoms with Gasteiger partial charge >= 0.3 is 0 Å². The van der Waals surface area contributed by atoms with E-state index in [2.05, 4.69) is 15.1 Å². The summed E-state index contributed by atoms with van der Waals surface area (Å²) in [5.74, 6) is -1.02. The molecule has 0 aliphatic heterocycles. The second-order valence-corrected chi connectivity index (χ2v) is 12.9. The van der Waals surface area contributed by atoms with E-state index in [9.17, 15) is 17.6 Å².